The third-order valence-corrected chi connectivity index (χ3v) is 8.08. The molecule has 2 aromatic carbocycles. The lowest BCUT2D eigenvalue weighted by molar-refractivity contribution is -0.121. The largest absolute Gasteiger partial charge is 0.346 e. The molecule has 6 rings (SSSR count). The Morgan fingerprint density at radius 2 is 1.97 bits per heavy atom. The summed E-state index contributed by atoms with van der Waals surface area (Å²) in [5.74, 6) is 0.243. The van der Waals surface area contributed by atoms with Gasteiger partial charge in [-0.05, 0) is 73.9 Å². The lowest BCUT2D eigenvalue weighted by atomic mass is 9.68. The van der Waals surface area contributed by atoms with Gasteiger partial charge in [-0.15, -0.1) is 0 Å². The fourth-order valence-corrected chi connectivity index (χ4v) is 6.53. The summed E-state index contributed by atoms with van der Waals surface area (Å²) in [6.45, 7) is 3.30. The number of anilines is 1. The summed E-state index contributed by atoms with van der Waals surface area (Å²) in [5, 5.41) is 4.62. The molecule has 3 aliphatic rings. The van der Waals surface area contributed by atoms with E-state index in [4.69, 9.17) is 0 Å². The molecule has 1 atom stereocenters. The Balaban J connectivity index is 1.13. The number of nitrogens with zero attached hydrogens (tertiary/aromatic N) is 2. The smallest absolute Gasteiger partial charge is 0.235 e. The second kappa shape index (κ2) is 7.23. The van der Waals surface area contributed by atoms with E-state index in [1.165, 1.54) is 27.7 Å². The van der Waals surface area contributed by atoms with Crippen LogP contribution in [0.25, 0.3) is 10.9 Å². The van der Waals surface area contributed by atoms with Crippen molar-refractivity contribution in [1.29, 1.82) is 0 Å². The van der Waals surface area contributed by atoms with Crippen LogP contribution in [0, 0.1) is 0 Å². The highest BCUT2D eigenvalue weighted by atomic mass is 16.2. The van der Waals surface area contributed by atoms with Gasteiger partial charge in [0.25, 0.3) is 0 Å². The van der Waals surface area contributed by atoms with E-state index >= 15 is 0 Å². The molecule has 0 spiro atoms. The van der Waals surface area contributed by atoms with E-state index in [-0.39, 0.29) is 11.3 Å². The van der Waals surface area contributed by atoms with Crippen LogP contribution in [0.2, 0.25) is 0 Å². The maximum absolute atomic E-state index is 13.0. The molecule has 31 heavy (non-hydrogen) atoms. The predicted molar refractivity (Wildman–Crippen MR) is 125 cm³/mol. The van der Waals surface area contributed by atoms with Gasteiger partial charge in [0.05, 0.1) is 5.41 Å². The zero-order chi connectivity index (χ0) is 21.0. The number of carbonyl (C=O) groups excluding carboxylic acids is 1. The molecule has 0 saturated heterocycles. The molecule has 0 fully saturated rings. The molecule has 160 valence electrons. The summed E-state index contributed by atoms with van der Waals surface area (Å²) in [7, 11) is 2.21. The molecule has 1 aromatic heterocycles. The Labute approximate surface area is 184 Å². The maximum atomic E-state index is 13.0. The number of unbranched alkanes of at least 4 members (excludes halogenated alkanes) is 1. The van der Waals surface area contributed by atoms with Gasteiger partial charge in [-0.3, -0.25) is 9.69 Å². The highest BCUT2D eigenvalue weighted by molar-refractivity contribution is 6.07. The van der Waals surface area contributed by atoms with E-state index in [1.54, 1.807) is 5.56 Å². The molecule has 2 aliphatic heterocycles. The van der Waals surface area contributed by atoms with Crippen LogP contribution in [0.4, 0.5) is 5.69 Å². The van der Waals surface area contributed by atoms with Crippen LogP contribution >= 0.6 is 0 Å². The maximum Gasteiger partial charge on any atom is 0.235 e. The number of para-hydroxylation sites is 1. The predicted octanol–water partition coefficient (Wildman–Crippen LogP) is 4.93. The normalized spacial score (nSPS) is 22.4. The highest BCUT2D eigenvalue weighted by Crippen LogP contribution is 2.49. The van der Waals surface area contributed by atoms with Gasteiger partial charge in [0.2, 0.25) is 5.91 Å². The van der Waals surface area contributed by atoms with E-state index in [2.05, 4.69) is 64.3 Å². The van der Waals surface area contributed by atoms with E-state index in [9.17, 15) is 4.79 Å². The topological polar surface area (TPSA) is 37.3 Å². The van der Waals surface area contributed by atoms with Crippen molar-refractivity contribution >= 4 is 22.5 Å². The number of fused-ring (bicyclic) bond motifs is 3. The van der Waals surface area contributed by atoms with Gasteiger partial charge in [-0.2, -0.15) is 0 Å². The van der Waals surface area contributed by atoms with Gasteiger partial charge in [-0.25, -0.2) is 0 Å². The number of rotatable bonds is 5. The molecule has 4 nitrogen and oxygen atoms in total. The number of nitrogens with one attached hydrogen (secondary N) is 1. The fourth-order valence-electron chi connectivity index (χ4n) is 6.53. The van der Waals surface area contributed by atoms with Gasteiger partial charge in [0, 0.05) is 42.4 Å². The SMILES string of the molecule is Cn1c2c(c3ccccc31)CCN(CCCCC13CCCc4cccc(c41)NC3=O)C2. The Morgan fingerprint density at radius 1 is 1.06 bits per heavy atom. The van der Waals surface area contributed by atoms with Crippen LogP contribution in [0.5, 0.6) is 0 Å². The quantitative estimate of drug-likeness (QED) is 0.602. The minimum absolute atomic E-state index is 0.243. The van der Waals surface area contributed by atoms with Gasteiger partial charge in [0.15, 0.2) is 0 Å². The van der Waals surface area contributed by atoms with Crippen LogP contribution in [0.15, 0.2) is 42.5 Å². The second-order valence-electron chi connectivity index (χ2n) is 9.71. The van der Waals surface area contributed by atoms with Crippen molar-refractivity contribution in [3.05, 3.63) is 64.8 Å². The third-order valence-electron chi connectivity index (χ3n) is 8.08. The Bertz CT molecular complexity index is 1180. The average Bonchev–Trinajstić information content (AvgIpc) is 3.25. The second-order valence-corrected chi connectivity index (χ2v) is 9.71. The minimum Gasteiger partial charge on any atom is -0.346 e. The molecule has 4 heteroatoms. The summed E-state index contributed by atoms with van der Waals surface area (Å²) in [6, 6.07) is 15.2. The van der Waals surface area contributed by atoms with Crippen molar-refractivity contribution in [2.75, 3.05) is 18.4 Å². The molecule has 3 aromatic rings. The van der Waals surface area contributed by atoms with Gasteiger partial charge in [-0.1, -0.05) is 36.8 Å². The van der Waals surface area contributed by atoms with Crippen molar-refractivity contribution in [1.82, 2.24) is 9.47 Å². The molecule has 1 aliphatic carbocycles. The number of hydrogen-bond donors (Lipinski definition) is 1. The molecule has 1 amide bonds. The van der Waals surface area contributed by atoms with Crippen LogP contribution in [0.1, 0.15) is 54.5 Å². The molecule has 0 bridgehead atoms. The molecule has 0 saturated carbocycles. The van der Waals surface area contributed by atoms with Crippen LogP contribution in [-0.4, -0.2) is 28.5 Å². The van der Waals surface area contributed by atoms with Crippen molar-refractivity contribution in [3.63, 3.8) is 0 Å². The third kappa shape index (κ3) is 2.88. The molecule has 3 heterocycles. The first-order chi connectivity index (χ1) is 15.2. The molecule has 0 radical (unpaired) electrons. The highest BCUT2D eigenvalue weighted by Gasteiger charge is 2.48. The van der Waals surface area contributed by atoms with E-state index in [0.29, 0.717) is 0 Å². The Hall–Kier alpha value is -2.59. The summed E-state index contributed by atoms with van der Waals surface area (Å²) >= 11 is 0. The number of carbonyl (C=O) groups is 1. The first kappa shape index (κ1) is 19.1. The average molecular weight is 414 g/mol. The first-order valence-corrected chi connectivity index (χ1v) is 11.9. The Kier molecular flexibility index (Phi) is 4.46. The van der Waals surface area contributed by atoms with Crippen molar-refractivity contribution in [2.45, 2.75) is 56.9 Å². The number of aromatic nitrogens is 1. The van der Waals surface area contributed by atoms with Crippen LogP contribution in [-0.2, 0) is 36.6 Å². The molecular formula is C27H31N3O. The lowest BCUT2D eigenvalue weighted by Gasteiger charge is -2.33. The zero-order valence-electron chi connectivity index (χ0n) is 18.4. The van der Waals surface area contributed by atoms with E-state index in [0.717, 1.165) is 70.3 Å². The summed E-state index contributed by atoms with van der Waals surface area (Å²) in [6.07, 6.45) is 7.63. The van der Waals surface area contributed by atoms with Gasteiger partial charge in [0.1, 0.15) is 0 Å². The van der Waals surface area contributed by atoms with E-state index < -0.39 is 0 Å². The van der Waals surface area contributed by atoms with Crippen molar-refractivity contribution in [3.8, 4) is 0 Å². The standard InChI is InChI=1S/C27H31N3O/c1-29-23-12-3-2-10-20(23)21-13-17-30(18-24(21)29)16-5-4-14-27-15-7-9-19-8-6-11-22(25(19)27)28-26(27)31/h2-3,6,8,10-12H,4-5,7,9,13-18H2,1H3,(H,28,31). The Morgan fingerprint density at radius 3 is 2.90 bits per heavy atom. The van der Waals surface area contributed by atoms with E-state index in [1.807, 2.05) is 0 Å². The van der Waals surface area contributed by atoms with Gasteiger partial charge < -0.3 is 9.88 Å². The van der Waals surface area contributed by atoms with Crippen molar-refractivity contribution < 1.29 is 4.79 Å². The summed E-state index contributed by atoms with van der Waals surface area (Å²) in [4.78, 5) is 15.6. The summed E-state index contributed by atoms with van der Waals surface area (Å²) < 4.78 is 2.39. The molecule has 1 unspecified atom stereocenters. The monoisotopic (exact) mass is 413 g/mol. The lowest BCUT2D eigenvalue weighted by Crippen LogP contribution is -2.37. The van der Waals surface area contributed by atoms with Crippen LogP contribution in [0.3, 0.4) is 0 Å². The number of hydrogen-bond acceptors (Lipinski definition) is 2. The fraction of sp³-hybridized carbons (Fsp3) is 0.444. The zero-order valence-corrected chi connectivity index (χ0v) is 18.4. The van der Waals surface area contributed by atoms with Crippen molar-refractivity contribution in [2.24, 2.45) is 7.05 Å². The van der Waals surface area contributed by atoms with Crippen LogP contribution < -0.4 is 5.32 Å². The number of aryl methyl sites for hydroxylation is 2. The minimum atomic E-state index is -0.269. The van der Waals surface area contributed by atoms with Gasteiger partial charge >= 0.3 is 0 Å². The number of benzene rings is 2. The summed E-state index contributed by atoms with van der Waals surface area (Å²) in [5.41, 5.74) is 7.89. The first-order valence-electron chi connectivity index (χ1n) is 11.9. The molecule has 1 N–H and O–H groups in total. The number of amides is 1. The molecular weight excluding hydrogens is 382 g/mol.